The molecule has 0 saturated carbocycles. The van der Waals surface area contributed by atoms with E-state index in [0.29, 0.717) is 22.6 Å². The third kappa shape index (κ3) is 4.76. The van der Waals surface area contributed by atoms with Crippen molar-refractivity contribution in [2.75, 3.05) is 12.4 Å². The summed E-state index contributed by atoms with van der Waals surface area (Å²) >= 11 is 0. The van der Waals surface area contributed by atoms with Crippen LogP contribution in [0.25, 0.3) is 0 Å². The van der Waals surface area contributed by atoms with E-state index >= 15 is 0 Å². The van der Waals surface area contributed by atoms with Crippen LogP contribution in [0.15, 0.2) is 78.9 Å². The molecular weight excluding hydrogens is 352 g/mol. The average molecular weight is 374 g/mol. The molecule has 0 bridgehead atoms. The summed E-state index contributed by atoms with van der Waals surface area (Å²) in [5.41, 5.74) is 2.76. The maximum atomic E-state index is 13.0. The standard InChI is InChI=1S/C23H22N2O3/c1-16-8-10-18(11-9-16)23(27)25-22(21(26)17-6-4-3-5-7-17)24-19-12-14-20(28-2)15-13-19/h3-15,22,24H,1-2H3,(H,25,27)/t22-/m1/s1. The van der Waals surface area contributed by atoms with Crippen molar-refractivity contribution in [1.82, 2.24) is 5.32 Å². The van der Waals surface area contributed by atoms with Crippen molar-refractivity contribution in [3.05, 3.63) is 95.6 Å². The Hall–Kier alpha value is -3.60. The summed E-state index contributed by atoms with van der Waals surface area (Å²) < 4.78 is 5.16. The maximum absolute atomic E-state index is 13.0. The Morgan fingerprint density at radius 2 is 1.46 bits per heavy atom. The minimum Gasteiger partial charge on any atom is -0.497 e. The Morgan fingerprint density at radius 1 is 0.821 bits per heavy atom. The van der Waals surface area contributed by atoms with Crippen molar-refractivity contribution in [2.24, 2.45) is 0 Å². The predicted molar refractivity (Wildman–Crippen MR) is 110 cm³/mol. The SMILES string of the molecule is COc1ccc(N[C@H](NC(=O)c2ccc(C)cc2)C(=O)c2ccccc2)cc1. The summed E-state index contributed by atoms with van der Waals surface area (Å²) in [6, 6.07) is 23.2. The van der Waals surface area contributed by atoms with Crippen LogP contribution >= 0.6 is 0 Å². The Kier molecular flexibility index (Phi) is 6.07. The summed E-state index contributed by atoms with van der Waals surface area (Å²) in [7, 11) is 1.59. The van der Waals surface area contributed by atoms with E-state index in [1.165, 1.54) is 0 Å². The average Bonchev–Trinajstić information content (AvgIpc) is 2.74. The molecule has 0 fully saturated rings. The number of ether oxygens (including phenoxy) is 1. The number of amides is 1. The Labute approximate surface area is 164 Å². The van der Waals surface area contributed by atoms with Gasteiger partial charge in [0.05, 0.1) is 7.11 Å². The lowest BCUT2D eigenvalue weighted by Crippen LogP contribution is -2.46. The largest absolute Gasteiger partial charge is 0.497 e. The number of hydrogen-bond acceptors (Lipinski definition) is 4. The van der Waals surface area contributed by atoms with E-state index in [1.54, 1.807) is 67.8 Å². The summed E-state index contributed by atoms with van der Waals surface area (Å²) in [6.45, 7) is 1.95. The molecule has 5 heteroatoms. The molecule has 2 N–H and O–H groups in total. The highest BCUT2D eigenvalue weighted by atomic mass is 16.5. The monoisotopic (exact) mass is 374 g/mol. The maximum Gasteiger partial charge on any atom is 0.253 e. The van der Waals surface area contributed by atoms with Gasteiger partial charge >= 0.3 is 0 Å². The zero-order valence-electron chi connectivity index (χ0n) is 15.8. The number of carbonyl (C=O) groups excluding carboxylic acids is 2. The van der Waals surface area contributed by atoms with Gasteiger partial charge in [-0.2, -0.15) is 0 Å². The van der Waals surface area contributed by atoms with E-state index in [1.807, 2.05) is 25.1 Å². The number of carbonyl (C=O) groups is 2. The van der Waals surface area contributed by atoms with Crippen LogP contribution in [-0.4, -0.2) is 25.0 Å². The molecule has 0 spiro atoms. The summed E-state index contributed by atoms with van der Waals surface area (Å²) in [5.74, 6) is 0.160. The van der Waals surface area contributed by atoms with Crippen LogP contribution in [-0.2, 0) is 0 Å². The molecular formula is C23H22N2O3. The van der Waals surface area contributed by atoms with Crippen molar-refractivity contribution >= 4 is 17.4 Å². The molecule has 0 heterocycles. The van der Waals surface area contributed by atoms with Crippen LogP contribution in [0.2, 0.25) is 0 Å². The molecule has 5 nitrogen and oxygen atoms in total. The zero-order chi connectivity index (χ0) is 19.9. The quantitative estimate of drug-likeness (QED) is 0.484. The van der Waals surface area contributed by atoms with E-state index < -0.39 is 6.17 Å². The number of nitrogens with one attached hydrogen (secondary N) is 2. The van der Waals surface area contributed by atoms with Crippen LogP contribution in [0.1, 0.15) is 26.3 Å². The predicted octanol–water partition coefficient (Wildman–Crippen LogP) is 4.05. The van der Waals surface area contributed by atoms with Crippen LogP contribution in [0, 0.1) is 6.92 Å². The van der Waals surface area contributed by atoms with Crippen LogP contribution < -0.4 is 15.4 Å². The molecule has 0 aliphatic rings. The summed E-state index contributed by atoms with van der Waals surface area (Å²) in [5, 5.41) is 5.90. The lowest BCUT2D eigenvalue weighted by molar-refractivity contribution is 0.0869. The molecule has 28 heavy (non-hydrogen) atoms. The smallest absolute Gasteiger partial charge is 0.253 e. The highest BCUT2D eigenvalue weighted by Gasteiger charge is 2.22. The Morgan fingerprint density at radius 3 is 2.07 bits per heavy atom. The first-order chi connectivity index (χ1) is 13.6. The summed E-state index contributed by atoms with van der Waals surface area (Å²) in [6.07, 6.45) is -0.912. The molecule has 3 aromatic rings. The molecule has 0 aliphatic carbocycles. The Balaban J connectivity index is 1.83. The van der Waals surface area contributed by atoms with Gasteiger partial charge in [0.2, 0.25) is 5.78 Å². The van der Waals surface area contributed by atoms with Crippen molar-refractivity contribution in [2.45, 2.75) is 13.1 Å². The highest BCUT2D eigenvalue weighted by Crippen LogP contribution is 2.17. The third-order valence-electron chi connectivity index (χ3n) is 4.31. The number of methoxy groups -OCH3 is 1. The number of rotatable bonds is 7. The van der Waals surface area contributed by atoms with E-state index in [9.17, 15) is 9.59 Å². The van der Waals surface area contributed by atoms with Crippen LogP contribution in [0.5, 0.6) is 5.75 Å². The van der Waals surface area contributed by atoms with Gasteiger partial charge in [-0.25, -0.2) is 0 Å². The number of Topliss-reactive ketones (excluding diaryl/α,β-unsaturated/α-hetero) is 1. The second kappa shape index (κ2) is 8.86. The van der Waals surface area contributed by atoms with Crippen LogP contribution in [0.4, 0.5) is 5.69 Å². The van der Waals surface area contributed by atoms with Gasteiger partial charge in [0.25, 0.3) is 5.91 Å². The molecule has 0 unspecified atom stereocenters. The Bertz CT molecular complexity index is 936. The van der Waals surface area contributed by atoms with E-state index in [4.69, 9.17) is 4.74 Å². The number of hydrogen-bond donors (Lipinski definition) is 2. The van der Waals surface area contributed by atoms with Crippen LogP contribution in [0.3, 0.4) is 0 Å². The molecule has 3 rings (SSSR count). The lowest BCUT2D eigenvalue weighted by Gasteiger charge is -2.21. The van der Waals surface area contributed by atoms with Gasteiger partial charge in [-0.15, -0.1) is 0 Å². The number of ketones is 1. The molecule has 1 atom stereocenters. The van der Waals surface area contributed by atoms with Crippen molar-refractivity contribution in [3.63, 3.8) is 0 Å². The molecule has 0 aliphatic heterocycles. The normalized spacial score (nSPS) is 11.4. The molecule has 1 amide bonds. The number of anilines is 1. The first-order valence-electron chi connectivity index (χ1n) is 8.94. The van der Waals surface area contributed by atoms with Gasteiger partial charge in [-0.3, -0.25) is 9.59 Å². The van der Waals surface area contributed by atoms with Crippen molar-refractivity contribution in [1.29, 1.82) is 0 Å². The van der Waals surface area contributed by atoms with Gasteiger partial charge in [-0.1, -0.05) is 48.0 Å². The second-order valence-electron chi connectivity index (χ2n) is 6.38. The number of aryl methyl sites for hydroxylation is 1. The third-order valence-corrected chi connectivity index (χ3v) is 4.31. The zero-order valence-corrected chi connectivity index (χ0v) is 15.8. The minimum atomic E-state index is -0.912. The van der Waals surface area contributed by atoms with Gasteiger partial charge in [-0.05, 0) is 43.3 Å². The van der Waals surface area contributed by atoms with Crippen molar-refractivity contribution < 1.29 is 14.3 Å². The fourth-order valence-electron chi connectivity index (χ4n) is 2.71. The highest BCUT2D eigenvalue weighted by molar-refractivity contribution is 6.05. The van der Waals surface area contributed by atoms with E-state index in [-0.39, 0.29) is 11.7 Å². The fraction of sp³-hybridized carbons (Fsp3) is 0.130. The van der Waals surface area contributed by atoms with Gasteiger partial charge < -0.3 is 15.4 Å². The first-order valence-corrected chi connectivity index (χ1v) is 8.94. The molecule has 0 aromatic heterocycles. The first kappa shape index (κ1) is 19.2. The lowest BCUT2D eigenvalue weighted by atomic mass is 10.1. The number of benzene rings is 3. The van der Waals surface area contributed by atoms with Gasteiger partial charge in [0, 0.05) is 16.8 Å². The molecule has 0 radical (unpaired) electrons. The summed E-state index contributed by atoms with van der Waals surface area (Å²) in [4.78, 5) is 25.7. The van der Waals surface area contributed by atoms with Gasteiger partial charge in [0.15, 0.2) is 6.17 Å². The molecule has 3 aromatic carbocycles. The second-order valence-corrected chi connectivity index (χ2v) is 6.38. The van der Waals surface area contributed by atoms with Crippen molar-refractivity contribution in [3.8, 4) is 5.75 Å². The molecule has 0 saturated heterocycles. The van der Waals surface area contributed by atoms with E-state index in [0.717, 1.165) is 5.56 Å². The topological polar surface area (TPSA) is 67.4 Å². The van der Waals surface area contributed by atoms with Gasteiger partial charge in [0.1, 0.15) is 5.75 Å². The van der Waals surface area contributed by atoms with E-state index in [2.05, 4.69) is 10.6 Å². The fourth-order valence-corrected chi connectivity index (χ4v) is 2.71. The minimum absolute atomic E-state index is 0.225. The molecule has 142 valence electrons.